The summed E-state index contributed by atoms with van der Waals surface area (Å²) in [6.07, 6.45) is 5.73. The lowest BCUT2D eigenvalue weighted by Gasteiger charge is -2.28. The van der Waals surface area contributed by atoms with E-state index in [0.717, 1.165) is 67.0 Å². The van der Waals surface area contributed by atoms with Crippen molar-refractivity contribution in [3.63, 3.8) is 0 Å². The molecule has 1 unspecified atom stereocenters. The summed E-state index contributed by atoms with van der Waals surface area (Å²) >= 11 is 0. The molecule has 0 radical (unpaired) electrons. The number of aryl methyl sites for hydroxylation is 2. The second-order valence-corrected chi connectivity index (χ2v) is 8.15. The van der Waals surface area contributed by atoms with Gasteiger partial charge in [0.25, 0.3) is 5.91 Å². The van der Waals surface area contributed by atoms with Crippen molar-refractivity contribution in [3.8, 4) is 5.75 Å². The van der Waals surface area contributed by atoms with Crippen LogP contribution in [0.5, 0.6) is 5.75 Å². The Balaban J connectivity index is 1.51. The van der Waals surface area contributed by atoms with E-state index < -0.39 is 6.10 Å². The molecule has 1 heterocycles. The fraction of sp³-hybridized carbons (Fsp3) is 0.545. The minimum Gasteiger partial charge on any atom is -0.480 e. The number of amides is 1. The second kappa shape index (κ2) is 7.59. The molecule has 1 amide bonds. The number of nitrogens with two attached hydrogens (primary N) is 1. The van der Waals surface area contributed by atoms with Gasteiger partial charge in [-0.3, -0.25) is 4.79 Å². The average Bonchev–Trinajstić information content (AvgIpc) is 3.17. The molecule has 0 saturated heterocycles. The van der Waals surface area contributed by atoms with Gasteiger partial charge in [-0.15, -0.1) is 0 Å². The number of benzene rings is 1. The highest BCUT2D eigenvalue weighted by Gasteiger charge is 2.25. The van der Waals surface area contributed by atoms with Crippen LogP contribution in [0.25, 0.3) is 11.0 Å². The van der Waals surface area contributed by atoms with Gasteiger partial charge in [-0.1, -0.05) is 0 Å². The van der Waals surface area contributed by atoms with Crippen molar-refractivity contribution >= 4 is 16.9 Å². The van der Waals surface area contributed by atoms with Crippen molar-refractivity contribution in [1.82, 2.24) is 5.32 Å². The van der Waals surface area contributed by atoms with Crippen molar-refractivity contribution in [2.75, 3.05) is 0 Å². The minimum atomic E-state index is -0.632. The lowest BCUT2D eigenvalue weighted by atomic mass is 9.92. The number of fused-ring (bicyclic) bond motifs is 3. The van der Waals surface area contributed by atoms with Gasteiger partial charge in [-0.2, -0.15) is 0 Å². The predicted octanol–water partition coefficient (Wildman–Crippen LogP) is 2.74. The molecule has 2 aliphatic carbocycles. The van der Waals surface area contributed by atoms with Gasteiger partial charge in [-0.25, -0.2) is 4.79 Å². The lowest BCUT2D eigenvalue weighted by molar-refractivity contribution is -0.128. The summed E-state index contributed by atoms with van der Waals surface area (Å²) < 4.78 is 11.5. The predicted molar refractivity (Wildman–Crippen MR) is 108 cm³/mol. The Morgan fingerprint density at radius 1 is 1.21 bits per heavy atom. The molecule has 0 bridgehead atoms. The first-order chi connectivity index (χ1) is 13.4. The first-order valence-corrected chi connectivity index (χ1v) is 10.2. The van der Waals surface area contributed by atoms with Gasteiger partial charge < -0.3 is 20.2 Å². The zero-order chi connectivity index (χ0) is 19.8. The normalized spacial score (nSPS) is 22.7. The molecule has 1 fully saturated rings. The maximum atomic E-state index is 12.5. The van der Waals surface area contributed by atoms with Crippen molar-refractivity contribution < 1.29 is 13.9 Å². The molecule has 150 valence electrons. The second-order valence-electron chi connectivity index (χ2n) is 8.15. The third-order valence-corrected chi connectivity index (χ3v) is 6.13. The summed E-state index contributed by atoms with van der Waals surface area (Å²) in [7, 11) is 0. The monoisotopic (exact) mass is 384 g/mol. The van der Waals surface area contributed by atoms with Gasteiger partial charge >= 0.3 is 5.63 Å². The summed E-state index contributed by atoms with van der Waals surface area (Å²) in [5, 5.41) is 4.05. The Morgan fingerprint density at radius 2 is 1.93 bits per heavy atom. The van der Waals surface area contributed by atoms with Crippen molar-refractivity contribution in [1.29, 1.82) is 0 Å². The highest BCUT2D eigenvalue weighted by atomic mass is 16.5. The first kappa shape index (κ1) is 19.0. The Bertz CT molecular complexity index is 957. The van der Waals surface area contributed by atoms with E-state index in [2.05, 4.69) is 5.32 Å². The van der Waals surface area contributed by atoms with Gasteiger partial charge in [0.1, 0.15) is 11.3 Å². The van der Waals surface area contributed by atoms with E-state index in [9.17, 15) is 9.59 Å². The third-order valence-electron chi connectivity index (χ3n) is 6.13. The fourth-order valence-corrected chi connectivity index (χ4v) is 4.42. The molecule has 28 heavy (non-hydrogen) atoms. The SMILES string of the molecule is Cc1c(OC(C)C(=O)NC2CCC(N)CC2)ccc2c3c(c(=O)oc12)CCC3. The molecule has 1 aromatic heterocycles. The number of ether oxygens (including phenoxy) is 1. The Hall–Kier alpha value is -2.34. The Labute approximate surface area is 164 Å². The fourth-order valence-electron chi connectivity index (χ4n) is 4.42. The summed E-state index contributed by atoms with van der Waals surface area (Å²) in [6, 6.07) is 4.23. The molecular formula is C22H28N2O4. The van der Waals surface area contributed by atoms with E-state index >= 15 is 0 Å². The highest BCUT2D eigenvalue weighted by Crippen LogP contribution is 2.33. The van der Waals surface area contributed by atoms with Gasteiger partial charge in [0.15, 0.2) is 6.10 Å². The smallest absolute Gasteiger partial charge is 0.339 e. The van der Waals surface area contributed by atoms with Crippen LogP contribution < -0.4 is 21.4 Å². The summed E-state index contributed by atoms with van der Waals surface area (Å²) in [4.78, 5) is 24.8. The van der Waals surface area contributed by atoms with Crippen LogP contribution >= 0.6 is 0 Å². The van der Waals surface area contributed by atoms with Gasteiger partial charge in [0, 0.05) is 28.6 Å². The number of hydrogen-bond donors (Lipinski definition) is 2. The van der Waals surface area contributed by atoms with Crippen LogP contribution in [0, 0.1) is 6.92 Å². The van der Waals surface area contributed by atoms with E-state index in [1.807, 2.05) is 19.1 Å². The number of nitrogens with one attached hydrogen (secondary N) is 1. The number of rotatable bonds is 4. The van der Waals surface area contributed by atoms with Gasteiger partial charge in [0.2, 0.25) is 0 Å². The van der Waals surface area contributed by atoms with E-state index in [4.69, 9.17) is 14.9 Å². The Morgan fingerprint density at radius 3 is 2.68 bits per heavy atom. The van der Waals surface area contributed by atoms with Gasteiger partial charge in [-0.05, 0) is 76.5 Å². The van der Waals surface area contributed by atoms with Gasteiger partial charge in [0.05, 0.1) is 0 Å². The largest absolute Gasteiger partial charge is 0.480 e. The topological polar surface area (TPSA) is 94.6 Å². The van der Waals surface area contributed by atoms with E-state index in [1.54, 1.807) is 6.92 Å². The minimum absolute atomic E-state index is 0.129. The van der Waals surface area contributed by atoms with Crippen LogP contribution in [0.4, 0.5) is 0 Å². The Kier molecular flexibility index (Phi) is 5.15. The molecule has 1 aromatic carbocycles. The molecule has 1 saturated carbocycles. The van der Waals surface area contributed by atoms with Crippen LogP contribution in [-0.4, -0.2) is 24.1 Å². The van der Waals surface area contributed by atoms with Crippen LogP contribution in [0.3, 0.4) is 0 Å². The summed E-state index contributed by atoms with van der Waals surface area (Å²) in [5.74, 6) is 0.442. The molecule has 6 nitrogen and oxygen atoms in total. The van der Waals surface area contributed by atoms with E-state index in [0.29, 0.717) is 11.3 Å². The molecule has 2 aliphatic rings. The van der Waals surface area contributed by atoms with Crippen molar-refractivity contribution in [2.45, 2.75) is 77.0 Å². The van der Waals surface area contributed by atoms with Crippen LogP contribution in [0.2, 0.25) is 0 Å². The molecule has 2 aromatic rings. The maximum absolute atomic E-state index is 12.5. The molecule has 0 aliphatic heterocycles. The zero-order valence-electron chi connectivity index (χ0n) is 16.5. The van der Waals surface area contributed by atoms with Crippen LogP contribution in [-0.2, 0) is 17.6 Å². The summed E-state index contributed by atoms with van der Waals surface area (Å²) in [5.41, 5.74) is 8.91. The quantitative estimate of drug-likeness (QED) is 0.791. The third kappa shape index (κ3) is 3.53. The molecule has 6 heteroatoms. The van der Waals surface area contributed by atoms with E-state index in [1.165, 1.54) is 0 Å². The van der Waals surface area contributed by atoms with Crippen LogP contribution in [0.15, 0.2) is 21.3 Å². The molecule has 4 rings (SSSR count). The average molecular weight is 384 g/mol. The maximum Gasteiger partial charge on any atom is 0.339 e. The number of hydrogen-bond acceptors (Lipinski definition) is 5. The van der Waals surface area contributed by atoms with E-state index in [-0.39, 0.29) is 23.6 Å². The number of carbonyl (C=O) groups excluding carboxylic acids is 1. The molecule has 1 atom stereocenters. The molecular weight excluding hydrogens is 356 g/mol. The number of carbonyl (C=O) groups is 1. The molecule has 3 N–H and O–H groups in total. The molecule has 0 spiro atoms. The van der Waals surface area contributed by atoms with Crippen molar-refractivity contribution in [3.05, 3.63) is 39.2 Å². The zero-order valence-corrected chi connectivity index (χ0v) is 16.5. The lowest BCUT2D eigenvalue weighted by Crippen LogP contribution is -2.45. The highest BCUT2D eigenvalue weighted by molar-refractivity contribution is 5.86. The van der Waals surface area contributed by atoms with Crippen molar-refractivity contribution in [2.24, 2.45) is 5.73 Å². The standard InChI is InChI=1S/C22H28N2O4/c1-12-19(27-13(2)21(25)24-15-8-6-14(23)7-9-15)11-10-17-16-4-3-5-18(16)22(26)28-20(12)17/h10-11,13-15H,3-9,23H2,1-2H3,(H,24,25). The summed E-state index contributed by atoms with van der Waals surface area (Å²) in [6.45, 7) is 3.61. The van der Waals surface area contributed by atoms with Crippen LogP contribution in [0.1, 0.15) is 55.7 Å². The first-order valence-electron chi connectivity index (χ1n) is 10.2.